The van der Waals surface area contributed by atoms with Crippen molar-refractivity contribution >= 4 is 48.3 Å². The highest BCUT2D eigenvalue weighted by atomic mass is 32.2. The number of sulfone groups is 1. The molecular formula is C16H16N2O5S2. The van der Waals surface area contributed by atoms with Crippen LogP contribution in [0, 0.1) is 0 Å². The van der Waals surface area contributed by atoms with Crippen LogP contribution < -0.4 is 5.43 Å². The molecule has 2 heterocycles. The molecule has 9 heteroatoms. The molecule has 0 aliphatic heterocycles. The van der Waals surface area contributed by atoms with Gasteiger partial charge in [-0.2, -0.15) is 0 Å². The van der Waals surface area contributed by atoms with Crippen LogP contribution in [0.15, 0.2) is 27.5 Å². The van der Waals surface area contributed by atoms with Crippen molar-refractivity contribution in [3.8, 4) is 0 Å². The number of ether oxygens (including phenoxy) is 1. The summed E-state index contributed by atoms with van der Waals surface area (Å²) in [5, 5.41) is 0.289. The van der Waals surface area contributed by atoms with Crippen LogP contribution >= 0.6 is 11.3 Å². The van der Waals surface area contributed by atoms with Crippen LogP contribution in [0.5, 0.6) is 0 Å². The highest BCUT2D eigenvalue weighted by Crippen LogP contribution is 2.31. The summed E-state index contributed by atoms with van der Waals surface area (Å²) in [5.74, 6) is -0.693. The number of hydrogen-bond acceptors (Lipinski definition) is 7. The second-order valence-electron chi connectivity index (χ2n) is 5.44. The van der Waals surface area contributed by atoms with Gasteiger partial charge in [0.15, 0.2) is 0 Å². The van der Waals surface area contributed by atoms with Gasteiger partial charge >= 0.3 is 5.97 Å². The van der Waals surface area contributed by atoms with Gasteiger partial charge in [0.05, 0.1) is 27.7 Å². The number of thiazole rings is 1. The Morgan fingerprint density at radius 2 is 2.04 bits per heavy atom. The Labute approximate surface area is 147 Å². The van der Waals surface area contributed by atoms with Crippen molar-refractivity contribution in [2.24, 2.45) is 0 Å². The number of carbonyl (C=O) groups is 1. The molecule has 0 spiro atoms. The summed E-state index contributed by atoms with van der Waals surface area (Å²) in [4.78, 5) is 29.1. The zero-order chi connectivity index (χ0) is 18.4. The van der Waals surface area contributed by atoms with Gasteiger partial charge in [0, 0.05) is 19.0 Å². The molecule has 0 N–H and O–H groups in total. The molecular weight excluding hydrogens is 364 g/mol. The first kappa shape index (κ1) is 17.6. The Bertz CT molecular complexity index is 1160. The summed E-state index contributed by atoms with van der Waals surface area (Å²) in [6.07, 6.45) is 2.55. The number of fused-ring (bicyclic) bond motifs is 3. The van der Waals surface area contributed by atoms with Gasteiger partial charge in [0.1, 0.15) is 5.56 Å². The van der Waals surface area contributed by atoms with Crippen LogP contribution in [-0.4, -0.2) is 36.8 Å². The van der Waals surface area contributed by atoms with E-state index in [1.54, 1.807) is 23.6 Å². The molecule has 3 aromatic rings. The number of hydrogen-bond donors (Lipinski definition) is 0. The topological polar surface area (TPSA) is 95.3 Å². The van der Waals surface area contributed by atoms with Crippen LogP contribution in [0.2, 0.25) is 0 Å². The lowest BCUT2D eigenvalue weighted by Gasteiger charge is -2.11. The van der Waals surface area contributed by atoms with Crippen LogP contribution in [0.4, 0.5) is 0 Å². The van der Waals surface area contributed by atoms with Crippen molar-refractivity contribution in [3.05, 3.63) is 34.1 Å². The maximum Gasteiger partial charge on any atom is 0.343 e. The largest absolute Gasteiger partial charge is 0.462 e. The maximum atomic E-state index is 12.9. The lowest BCUT2D eigenvalue weighted by molar-refractivity contribution is 0.0524. The summed E-state index contributed by atoms with van der Waals surface area (Å²) >= 11 is 0.936. The molecule has 0 saturated carbocycles. The molecule has 7 nitrogen and oxygen atoms in total. The molecule has 0 atom stereocenters. The Morgan fingerprint density at radius 3 is 2.64 bits per heavy atom. The molecule has 132 valence electrons. The normalized spacial score (nSPS) is 12.0. The van der Waals surface area contributed by atoms with Gasteiger partial charge in [0.25, 0.3) is 0 Å². The predicted molar refractivity (Wildman–Crippen MR) is 96.1 cm³/mol. The summed E-state index contributed by atoms with van der Waals surface area (Å²) in [7, 11) is -3.49. The van der Waals surface area contributed by atoms with Gasteiger partial charge in [-0.3, -0.25) is 4.79 Å². The third-order valence-corrected chi connectivity index (χ3v) is 6.50. The highest BCUT2D eigenvalue weighted by Gasteiger charge is 2.21. The fourth-order valence-electron chi connectivity index (χ4n) is 2.61. The van der Waals surface area contributed by atoms with E-state index in [-0.39, 0.29) is 21.9 Å². The first-order valence-corrected chi connectivity index (χ1v) is 10.3. The molecule has 2 aromatic heterocycles. The minimum Gasteiger partial charge on any atom is -0.462 e. The van der Waals surface area contributed by atoms with Crippen molar-refractivity contribution in [2.75, 3.05) is 12.9 Å². The van der Waals surface area contributed by atoms with E-state index in [1.165, 1.54) is 6.20 Å². The lowest BCUT2D eigenvalue weighted by atomic mass is 10.1. The highest BCUT2D eigenvalue weighted by molar-refractivity contribution is 7.92. The number of rotatable bonds is 4. The summed E-state index contributed by atoms with van der Waals surface area (Å²) in [6.45, 7) is 4.24. The van der Waals surface area contributed by atoms with Crippen molar-refractivity contribution in [3.63, 3.8) is 0 Å². The molecule has 0 aliphatic carbocycles. The van der Waals surface area contributed by atoms with Crippen LogP contribution in [0.1, 0.15) is 24.2 Å². The van der Waals surface area contributed by atoms with Crippen molar-refractivity contribution in [2.45, 2.75) is 24.7 Å². The second kappa shape index (κ2) is 6.23. The molecule has 25 heavy (non-hydrogen) atoms. The zero-order valence-corrected chi connectivity index (χ0v) is 15.5. The first-order chi connectivity index (χ1) is 11.8. The Kier molecular flexibility index (Phi) is 4.38. The molecule has 3 rings (SSSR count). The number of aryl methyl sites for hydroxylation is 1. The molecule has 0 amide bonds. The van der Waals surface area contributed by atoms with Crippen molar-refractivity contribution < 1.29 is 17.9 Å². The fourth-order valence-corrected chi connectivity index (χ4v) is 4.57. The maximum absolute atomic E-state index is 12.9. The molecule has 0 radical (unpaired) electrons. The van der Waals surface area contributed by atoms with Gasteiger partial charge in [-0.1, -0.05) is 0 Å². The van der Waals surface area contributed by atoms with Gasteiger partial charge in [-0.05, 0) is 26.0 Å². The van der Waals surface area contributed by atoms with Crippen LogP contribution in [0.3, 0.4) is 0 Å². The van der Waals surface area contributed by atoms with E-state index in [2.05, 4.69) is 4.98 Å². The van der Waals surface area contributed by atoms with E-state index < -0.39 is 21.2 Å². The summed E-state index contributed by atoms with van der Waals surface area (Å²) in [5.41, 5.74) is 0.487. The Hall–Kier alpha value is -2.26. The Morgan fingerprint density at radius 1 is 1.32 bits per heavy atom. The van der Waals surface area contributed by atoms with Crippen molar-refractivity contribution in [1.29, 1.82) is 0 Å². The number of pyridine rings is 1. The second-order valence-corrected chi connectivity index (χ2v) is 8.63. The number of nitrogens with zero attached hydrogens (tertiary/aromatic N) is 2. The summed E-state index contributed by atoms with van der Waals surface area (Å²) in [6, 6.07) is 3.39. The smallest absolute Gasteiger partial charge is 0.343 e. The number of aromatic nitrogens is 2. The van der Waals surface area contributed by atoms with E-state index in [9.17, 15) is 18.0 Å². The van der Waals surface area contributed by atoms with E-state index in [0.717, 1.165) is 17.6 Å². The summed E-state index contributed by atoms with van der Waals surface area (Å²) < 4.78 is 30.7. The van der Waals surface area contributed by atoms with E-state index in [1.807, 2.05) is 6.92 Å². The quantitative estimate of drug-likeness (QED) is 0.644. The van der Waals surface area contributed by atoms with Gasteiger partial charge in [-0.25, -0.2) is 18.2 Å². The predicted octanol–water partition coefficient (Wildman–Crippen LogP) is 2.21. The Balaban J connectivity index is 2.46. The lowest BCUT2D eigenvalue weighted by Crippen LogP contribution is -2.20. The minimum absolute atomic E-state index is 0.0565. The molecule has 0 aliphatic rings. The van der Waals surface area contributed by atoms with Gasteiger partial charge in [0.2, 0.25) is 19.6 Å². The number of carbonyl (C=O) groups excluding carboxylic acids is 1. The fraction of sp³-hybridized carbons (Fsp3) is 0.312. The molecule has 0 saturated heterocycles. The third kappa shape index (κ3) is 2.93. The molecule has 0 bridgehead atoms. The van der Waals surface area contributed by atoms with E-state index in [0.29, 0.717) is 22.3 Å². The van der Waals surface area contributed by atoms with Gasteiger partial charge in [-0.15, -0.1) is 11.3 Å². The molecule has 0 fully saturated rings. The SMILES string of the molecule is CCOC(=O)c1cn(CC)c2ccc3nc(S(C)(=O)=O)sc3c2c1=O. The third-order valence-electron chi connectivity index (χ3n) is 3.74. The zero-order valence-electron chi connectivity index (χ0n) is 13.9. The monoisotopic (exact) mass is 380 g/mol. The van der Waals surface area contributed by atoms with Crippen LogP contribution in [0.25, 0.3) is 21.1 Å². The average Bonchev–Trinajstić information content (AvgIpc) is 2.99. The number of benzene rings is 1. The average molecular weight is 380 g/mol. The molecule has 0 unspecified atom stereocenters. The van der Waals surface area contributed by atoms with Crippen molar-refractivity contribution in [1.82, 2.24) is 9.55 Å². The minimum atomic E-state index is -3.49. The van der Waals surface area contributed by atoms with E-state index >= 15 is 0 Å². The standard InChI is InChI=1S/C16H16N2O5S2/c1-4-18-8-9(15(20)23-5-2)13(19)12-11(18)7-6-10-14(12)24-16(17-10)25(3,21)22/h6-8H,4-5H2,1-3H3. The van der Waals surface area contributed by atoms with Crippen LogP contribution in [-0.2, 0) is 21.1 Å². The van der Waals surface area contributed by atoms with Gasteiger partial charge < -0.3 is 9.30 Å². The molecule has 1 aromatic carbocycles. The number of esters is 1. The first-order valence-electron chi connectivity index (χ1n) is 7.61. The van der Waals surface area contributed by atoms with E-state index in [4.69, 9.17) is 4.74 Å².